The smallest absolute Gasteiger partial charge is 0.271 e. The van der Waals surface area contributed by atoms with E-state index in [1.54, 1.807) is 29.9 Å². The maximum absolute atomic E-state index is 12.4. The molecule has 0 saturated heterocycles. The quantitative estimate of drug-likeness (QED) is 0.755. The van der Waals surface area contributed by atoms with Crippen LogP contribution in [0.2, 0.25) is 0 Å². The molecule has 1 aromatic carbocycles. The van der Waals surface area contributed by atoms with Crippen molar-refractivity contribution >= 4 is 27.0 Å². The standard InChI is InChI=1S/C17H16N2O2S2/c1-2-13-12-15(14-7-9-18-10-8-14)5-6-16(13)19-23(20,21)17-4-3-11-22-17/h3-12,19H,2H2,1H3. The molecule has 2 aromatic heterocycles. The van der Waals surface area contributed by atoms with Gasteiger partial charge in [0.1, 0.15) is 4.21 Å². The Kier molecular flexibility index (Phi) is 4.45. The van der Waals surface area contributed by atoms with Gasteiger partial charge in [-0.25, -0.2) is 8.42 Å². The second kappa shape index (κ2) is 6.52. The van der Waals surface area contributed by atoms with Crippen molar-refractivity contribution in [2.45, 2.75) is 17.6 Å². The number of nitrogens with zero attached hydrogens (tertiary/aromatic N) is 1. The van der Waals surface area contributed by atoms with Crippen molar-refractivity contribution in [3.63, 3.8) is 0 Å². The Morgan fingerprint density at radius 2 is 1.87 bits per heavy atom. The molecule has 0 spiro atoms. The molecule has 23 heavy (non-hydrogen) atoms. The Hall–Kier alpha value is -2.18. The minimum atomic E-state index is -3.52. The molecule has 118 valence electrons. The van der Waals surface area contributed by atoms with Crippen LogP contribution in [0.4, 0.5) is 5.69 Å². The molecule has 4 nitrogen and oxygen atoms in total. The lowest BCUT2D eigenvalue weighted by Gasteiger charge is -2.12. The van der Waals surface area contributed by atoms with Gasteiger partial charge in [-0.1, -0.05) is 19.1 Å². The van der Waals surface area contributed by atoms with E-state index in [0.717, 1.165) is 23.1 Å². The van der Waals surface area contributed by atoms with Crippen molar-refractivity contribution in [2.75, 3.05) is 4.72 Å². The van der Waals surface area contributed by atoms with Crippen molar-refractivity contribution in [3.8, 4) is 11.1 Å². The van der Waals surface area contributed by atoms with Crippen LogP contribution in [-0.2, 0) is 16.4 Å². The summed E-state index contributed by atoms with van der Waals surface area (Å²) in [7, 11) is -3.52. The van der Waals surface area contributed by atoms with E-state index in [1.807, 2.05) is 37.3 Å². The first-order chi connectivity index (χ1) is 11.1. The van der Waals surface area contributed by atoms with Crippen molar-refractivity contribution in [1.29, 1.82) is 0 Å². The highest BCUT2D eigenvalue weighted by molar-refractivity contribution is 7.94. The van der Waals surface area contributed by atoms with E-state index in [4.69, 9.17) is 0 Å². The van der Waals surface area contributed by atoms with Crippen molar-refractivity contribution in [3.05, 3.63) is 65.8 Å². The van der Waals surface area contributed by atoms with Gasteiger partial charge in [-0.2, -0.15) is 0 Å². The Balaban J connectivity index is 1.95. The number of rotatable bonds is 5. The van der Waals surface area contributed by atoms with Gasteiger partial charge in [-0.3, -0.25) is 9.71 Å². The fourth-order valence-corrected chi connectivity index (χ4v) is 4.41. The number of benzene rings is 1. The molecule has 0 amide bonds. The van der Waals surface area contributed by atoms with E-state index >= 15 is 0 Å². The van der Waals surface area contributed by atoms with Gasteiger partial charge in [-0.15, -0.1) is 11.3 Å². The molecule has 0 radical (unpaired) electrons. The first-order valence-electron chi connectivity index (χ1n) is 7.20. The van der Waals surface area contributed by atoms with Crippen molar-refractivity contribution in [1.82, 2.24) is 4.98 Å². The number of hydrogen-bond acceptors (Lipinski definition) is 4. The zero-order chi connectivity index (χ0) is 16.3. The summed E-state index contributed by atoms with van der Waals surface area (Å²) < 4.78 is 27.8. The number of aryl methyl sites for hydroxylation is 1. The number of nitrogens with one attached hydrogen (secondary N) is 1. The average molecular weight is 344 g/mol. The highest BCUT2D eigenvalue weighted by atomic mass is 32.2. The molecule has 1 N–H and O–H groups in total. The molecule has 0 aliphatic heterocycles. The first-order valence-corrected chi connectivity index (χ1v) is 9.56. The molecule has 2 heterocycles. The lowest BCUT2D eigenvalue weighted by Crippen LogP contribution is -2.12. The number of anilines is 1. The molecule has 3 aromatic rings. The molecule has 6 heteroatoms. The largest absolute Gasteiger partial charge is 0.279 e. The maximum Gasteiger partial charge on any atom is 0.271 e. The zero-order valence-electron chi connectivity index (χ0n) is 12.6. The summed E-state index contributed by atoms with van der Waals surface area (Å²) in [5.74, 6) is 0. The topological polar surface area (TPSA) is 59.1 Å². The summed E-state index contributed by atoms with van der Waals surface area (Å²) in [6.45, 7) is 2.01. The number of thiophene rings is 1. The number of sulfonamides is 1. The van der Waals surface area contributed by atoms with E-state index in [-0.39, 0.29) is 0 Å². The van der Waals surface area contributed by atoms with Crippen LogP contribution in [0.5, 0.6) is 0 Å². The minimum absolute atomic E-state index is 0.317. The van der Waals surface area contributed by atoms with Crippen molar-refractivity contribution in [2.24, 2.45) is 0 Å². The summed E-state index contributed by atoms with van der Waals surface area (Å²) in [5.41, 5.74) is 3.68. The highest BCUT2D eigenvalue weighted by Crippen LogP contribution is 2.28. The third kappa shape index (κ3) is 3.43. The van der Waals surface area contributed by atoms with Gasteiger partial charge in [0.15, 0.2) is 0 Å². The fraction of sp³-hybridized carbons (Fsp3) is 0.118. The summed E-state index contributed by atoms with van der Waals surface area (Å²) >= 11 is 1.21. The van der Waals surface area contributed by atoms with Crippen LogP contribution in [0.15, 0.2) is 64.4 Å². The van der Waals surface area contributed by atoms with Gasteiger partial charge in [-0.05, 0) is 58.8 Å². The van der Waals surface area contributed by atoms with Gasteiger partial charge in [0.2, 0.25) is 0 Å². The normalized spacial score (nSPS) is 11.3. The molecular formula is C17H16N2O2S2. The van der Waals surface area contributed by atoms with Gasteiger partial charge in [0.25, 0.3) is 10.0 Å². The number of aromatic nitrogens is 1. The molecule has 0 aliphatic rings. The predicted octanol–water partition coefficient (Wildman–Crippen LogP) is 4.17. The zero-order valence-corrected chi connectivity index (χ0v) is 14.2. The third-order valence-electron chi connectivity index (χ3n) is 3.50. The Morgan fingerprint density at radius 1 is 1.09 bits per heavy atom. The number of pyridine rings is 1. The average Bonchev–Trinajstić information content (AvgIpc) is 3.11. The van der Waals surface area contributed by atoms with Gasteiger partial charge >= 0.3 is 0 Å². The van der Waals surface area contributed by atoms with E-state index in [9.17, 15) is 8.42 Å². The van der Waals surface area contributed by atoms with Gasteiger partial charge < -0.3 is 0 Å². The van der Waals surface area contributed by atoms with E-state index in [2.05, 4.69) is 9.71 Å². The van der Waals surface area contributed by atoms with Crippen LogP contribution in [0.1, 0.15) is 12.5 Å². The SMILES string of the molecule is CCc1cc(-c2ccncc2)ccc1NS(=O)(=O)c1cccs1. The second-order valence-electron chi connectivity index (χ2n) is 5.00. The molecule has 0 bridgehead atoms. The Morgan fingerprint density at radius 3 is 2.52 bits per heavy atom. The first kappa shape index (κ1) is 15.7. The monoisotopic (exact) mass is 344 g/mol. The van der Waals surface area contributed by atoms with Gasteiger partial charge in [0.05, 0.1) is 5.69 Å². The molecule has 0 fully saturated rings. The molecule has 0 unspecified atom stereocenters. The summed E-state index contributed by atoms with van der Waals surface area (Å²) in [6, 6.07) is 13.0. The van der Waals surface area contributed by atoms with Crippen molar-refractivity contribution < 1.29 is 8.42 Å². The van der Waals surface area contributed by atoms with Crippen LogP contribution < -0.4 is 4.72 Å². The lowest BCUT2D eigenvalue weighted by atomic mass is 10.0. The maximum atomic E-state index is 12.4. The van der Waals surface area contributed by atoms with Crippen LogP contribution in [0.3, 0.4) is 0 Å². The second-order valence-corrected chi connectivity index (χ2v) is 7.86. The third-order valence-corrected chi connectivity index (χ3v) is 6.27. The van der Waals surface area contributed by atoms with Crippen LogP contribution >= 0.6 is 11.3 Å². The molecule has 3 rings (SSSR count). The minimum Gasteiger partial charge on any atom is -0.279 e. The van der Waals surface area contributed by atoms with Crippen LogP contribution in [0, 0.1) is 0 Å². The summed E-state index contributed by atoms with van der Waals surface area (Å²) in [4.78, 5) is 4.02. The predicted molar refractivity (Wildman–Crippen MR) is 94.2 cm³/mol. The lowest BCUT2D eigenvalue weighted by molar-refractivity contribution is 0.603. The summed E-state index contributed by atoms with van der Waals surface area (Å²) in [5, 5.41) is 1.75. The Labute approximate surface area is 139 Å². The fourth-order valence-electron chi connectivity index (χ4n) is 2.32. The van der Waals surface area contributed by atoms with Crippen LogP contribution in [0.25, 0.3) is 11.1 Å². The van der Waals surface area contributed by atoms with E-state index in [1.165, 1.54) is 11.3 Å². The highest BCUT2D eigenvalue weighted by Gasteiger charge is 2.17. The Bertz CT molecular complexity index is 890. The van der Waals surface area contributed by atoms with Crippen LogP contribution in [-0.4, -0.2) is 13.4 Å². The molecule has 0 aliphatic carbocycles. The van der Waals surface area contributed by atoms with Gasteiger partial charge in [0, 0.05) is 12.4 Å². The number of hydrogen-bond donors (Lipinski definition) is 1. The summed E-state index contributed by atoms with van der Waals surface area (Å²) in [6.07, 6.45) is 4.23. The van der Waals surface area contributed by atoms with E-state index < -0.39 is 10.0 Å². The molecule has 0 saturated carbocycles. The molecular weight excluding hydrogens is 328 g/mol. The molecule has 0 atom stereocenters. The van der Waals surface area contributed by atoms with E-state index in [0.29, 0.717) is 9.90 Å².